The van der Waals surface area contributed by atoms with Crippen LogP contribution in [0.15, 0.2) is 18.3 Å². The van der Waals surface area contributed by atoms with E-state index in [1.165, 1.54) is 6.42 Å². The average molecular weight is 316 g/mol. The molecule has 1 aromatic rings. The summed E-state index contributed by atoms with van der Waals surface area (Å²) in [6.07, 6.45) is 5.36. The van der Waals surface area contributed by atoms with Gasteiger partial charge in [0.05, 0.1) is 5.92 Å². The molecule has 0 radical (unpaired) electrons. The molecule has 23 heavy (non-hydrogen) atoms. The molecular formula is C18H28N4O. The predicted molar refractivity (Wildman–Crippen MR) is 91.9 cm³/mol. The van der Waals surface area contributed by atoms with Crippen LogP contribution in [-0.2, 0) is 11.3 Å². The maximum Gasteiger partial charge on any atom is 0.225 e. The Kier molecular flexibility index (Phi) is 4.85. The second-order valence-corrected chi connectivity index (χ2v) is 6.85. The zero-order valence-electron chi connectivity index (χ0n) is 14.2. The van der Waals surface area contributed by atoms with Gasteiger partial charge in [-0.05, 0) is 56.6 Å². The van der Waals surface area contributed by atoms with E-state index in [4.69, 9.17) is 5.73 Å². The van der Waals surface area contributed by atoms with Crippen molar-refractivity contribution in [3.8, 4) is 0 Å². The highest BCUT2D eigenvalue weighted by molar-refractivity contribution is 5.80. The first-order valence-electron chi connectivity index (χ1n) is 8.87. The monoisotopic (exact) mass is 316 g/mol. The van der Waals surface area contributed by atoms with Gasteiger partial charge in [0.15, 0.2) is 0 Å². The molecule has 2 aliphatic carbocycles. The van der Waals surface area contributed by atoms with Crippen LogP contribution in [0.3, 0.4) is 0 Å². The maximum absolute atomic E-state index is 12.5. The van der Waals surface area contributed by atoms with Gasteiger partial charge in [0.2, 0.25) is 5.91 Å². The quantitative estimate of drug-likeness (QED) is 0.841. The van der Waals surface area contributed by atoms with Crippen LogP contribution in [0.4, 0.5) is 5.82 Å². The summed E-state index contributed by atoms with van der Waals surface area (Å²) in [4.78, 5) is 19.2. The van der Waals surface area contributed by atoms with Gasteiger partial charge in [-0.25, -0.2) is 4.98 Å². The van der Waals surface area contributed by atoms with E-state index in [9.17, 15) is 4.79 Å². The number of carbonyl (C=O) groups is 1. The fraction of sp³-hybridized carbons (Fsp3) is 0.667. The van der Waals surface area contributed by atoms with Gasteiger partial charge in [0, 0.05) is 31.9 Å². The number of nitrogens with zero attached hydrogens (tertiary/aromatic N) is 2. The van der Waals surface area contributed by atoms with Crippen LogP contribution in [0, 0.1) is 17.8 Å². The Hall–Kier alpha value is -1.62. The van der Waals surface area contributed by atoms with Crippen LogP contribution in [0.25, 0.3) is 0 Å². The van der Waals surface area contributed by atoms with Gasteiger partial charge < -0.3 is 16.0 Å². The molecule has 126 valence electrons. The minimum absolute atomic E-state index is 0.0108. The summed E-state index contributed by atoms with van der Waals surface area (Å²) in [5.74, 6) is 2.18. The summed E-state index contributed by atoms with van der Waals surface area (Å²) in [6, 6.07) is 4.12. The third-order valence-electron chi connectivity index (χ3n) is 5.65. The second-order valence-electron chi connectivity index (χ2n) is 6.85. The Morgan fingerprint density at radius 2 is 2.04 bits per heavy atom. The van der Waals surface area contributed by atoms with Crippen molar-refractivity contribution in [2.45, 2.75) is 45.7 Å². The molecule has 1 amide bonds. The third kappa shape index (κ3) is 3.20. The number of anilines is 1. The Morgan fingerprint density at radius 3 is 2.61 bits per heavy atom. The Bertz CT molecular complexity index is 538. The molecule has 3 rings (SSSR count). The molecule has 1 aromatic heterocycles. The summed E-state index contributed by atoms with van der Waals surface area (Å²) in [5, 5.41) is 3.06. The molecule has 2 aliphatic rings. The molecule has 1 heterocycles. The number of hydrogen-bond acceptors (Lipinski definition) is 4. The van der Waals surface area contributed by atoms with Crippen molar-refractivity contribution in [1.29, 1.82) is 0 Å². The lowest BCUT2D eigenvalue weighted by atomic mass is 9.84. The molecule has 2 bridgehead atoms. The summed E-state index contributed by atoms with van der Waals surface area (Å²) < 4.78 is 0. The number of carbonyl (C=O) groups excluding carboxylic acids is 1. The number of nitrogens with one attached hydrogen (secondary N) is 1. The van der Waals surface area contributed by atoms with Crippen LogP contribution in [0.1, 0.15) is 38.7 Å². The zero-order chi connectivity index (χ0) is 16.4. The van der Waals surface area contributed by atoms with Crippen molar-refractivity contribution in [1.82, 2.24) is 10.3 Å². The van der Waals surface area contributed by atoms with Crippen molar-refractivity contribution >= 4 is 11.7 Å². The summed E-state index contributed by atoms with van der Waals surface area (Å²) >= 11 is 0. The van der Waals surface area contributed by atoms with E-state index in [2.05, 4.69) is 29.0 Å². The first-order valence-corrected chi connectivity index (χ1v) is 8.87. The van der Waals surface area contributed by atoms with Crippen LogP contribution < -0.4 is 16.0 Å². The standard InChI is InChI=1S/C18H28N4O/c1-3-22(4-2)15-8-5-12(10-20-15)11-21-18(23)16-13-6-7-14(9-13)17(16)19/h5,8,10,13-14,16-17H,3-4,6-7,9,11,19H2,1-2H3,(H,21,23). The molecule has 4 unspecified atom stereocenters. The van der Waals surface area contributed by atoms with E-state index in [1.54, 1.807) is 0 Å². The van der Waals surface area contributed by atoms with E-state index in [0.717, 1.165) is 37.3 Å². The molecule has 3 N–H and O–H groups in total. The van der Waals surface area contributed by atoms with Gasteiger partial charge in [0.25, 0.3) is 0 Å². The normalized spacial score (nSPS) is 28.8. The van der Waals surface area contributed by atoms with E-state index in [-0.39, 0.29) is 17.9 Å². The number of rotatable bonds is 6. The van der Waals surface area contributed by atoms with Gasteiger partial charge in [-0.1, -0.05) is 6.07 Å². The van der Waals surface area contributed by atoms with E-state index >= 15 is 0 Å². The minimum atomic E-state index is 0.0108. The molecule has 0 aromatic carbocycles. The first-order chi connectivity index (χ1) is 11.1. The topological polar surface area (TPSA) is 71.2 Å². The highest BCUT2D eigenvalue weighted by Gasteiger charge is 2.48. The summed E-state index contributed by atoms with van der Waals surface area (Å²) in [5.41, 5.74) is 7.27. The molecule has 2 fully saturated rings. The van der Waals surface area contributed by atoms with E-state index < -0.39 is 0 Å². The van der Waals surface area contributed by atoms with Gasteiger partial charge in [-0.15, -0.1) is 0 Å². The molecular weight excluding hydrogens is 288 g/mol. The molecule has 0 spiro atoms. The van der Waals surface area contributed by atoms with Crippen LogP contribution in [0.5, 0.6) is 0 Å². The van der Waals surface area contributed by atoms with Crippen molar-refractivity contribution < 1.29 is 4.79 Å². The predicted octanol–water partition coefficient (Wildman–Crippen LogP) is 1.92. The summed E-state index contributed by atoms with van der Waals surface area (Å²) in [6.45, 7) is 6.67. The fourth-order valence-electron chi connectivity index (χ4n) is 4.29. The lowest BCUT2D eigenvalue weighted by Gasteiger charge is -2.27. The van der Waals surface area contributed by atoms with E-state index in [1.807, 2.05) is 18.3 Å². The second kappa shape index (κ2) is 6.87. The van der Waals surface area contributed by atoms with Gasteiger partial charge >= 0.3 is 0 Å². The number of fused-ring (bicyclic) bond motifs is 2. The third-order valence-corrected chi connectivity index (χ3v) is 5.65. The van der Waals surface area contributed by atoms with Crippen LogP contribution in [0.2, 0.25) is 0 Å². The molecule has 0 saturated heterocycles. The highest BCUT2D eigenvalue weighted by Crippen LogP contribution is 2.47. The van der Waals surface area contributed by atoms with E-state index in [0.29, 0.717) is 18.4 Å². The number of amides is 1. The van der Waals surface area contributed by atoms with Crippen LogP contribution in [-0.4, -0.2) is 30.0 Å². The largest absolute Gasteiger partial charge is 0.357 e. The van der Waals surface area contributed by atoms with Crippen molar-refractivity contribution in [3.05, 3.63) is 23.9 Å². The Labute approximate surface area is 138 Å². The molecule has 5 nitrogen and oxygen atoms in total. The maximum atomic E-state index is 12.5. The Morgan fingerprint density at radius 1 is 1.30 bits per heavy atom. The SMILES string of the molecule is CCN(CC)c1ccc(CNC(=O)C2C3CCC(C3)C2N)cn1. The molecule has 0 aliphatic heterocycles. The number of aromatic nitrogens is 1. The smallest absolute Gasteiger partial charge is 0.225 e. The van der Waals surface area contributed by atoms with Crippen molar-refractivity contribution in [2.75, 3.05) is 18.0 Å². The van der Waals surface area contributed by atoms with Crippen LogP contribution >= 0.6 is 0 Å². The number of hydrogen-bond donors (Lipinski definition) is 2. The molecule has 4 atom stereocenters. The van der Waals surface area contributed by atoms with Gasteiger partial charge in [-0.3, -0.25) is 4.79 Å². The molecule has 5 heteroatoms. The zero-order valence-corrected chi connectivity index (χ0v) is 14.2. The minimum Gasteiger partial charge on any atom is -0.357 e. The van der Waals surface area contributed by atoms with Gasteiger partial charge in [-0.2, -0.15) is 0 Å². The first kappa shape index (κ1) is 16.2. The summed E-state index contributed by atoms with van der Waals surface area (Å²) in [7, 11) is 0. The highest BCUT2D eigenvalue weighted by atomic mass is 16.1. The molecule has 2 saturated carbocycles. The lowest BCUT2D eigenvalue weighted by Crippen LogP contribution is -2.45. The number of nitrogens with two attached hydrogens (primary N) is 1. The number of pyridine rings is 1. The lowest BCUT2D eigenvalue weighted by molar-refractivity contribution is -0.127. The fourth-order valence-corrected chi connectivity index (χ4v) is 4.29. The van der Waals surface area contributed by atoms with Gasteiger partial charge in [0.1, 0.15) is 5.82 Å². The van der Waals surface area contributed by atoms with Crippen molar-refractivity contribution in [3.63, 3.8) is 0 Å². The average Bonchev–Trinajstić information content (AvgIpc) is 3.16. The van der Waals surface area contributed by atoms with Crippen molar-refractivity contribution in [2.24, 2.45) is 23.5 Å². The Balaban J connectivity index is 1.55.